The van der Waals surface area contributed by atoms with Crippen LogP contribution in [-0.2, 0) is 16.0 Å². The van der Waals surface area contributed by atoms with E-state index in [1.54, 1.807) is 6.92 Å². The van der Waals surface area contributed by atoms with E-state index in [2.05, 4.69) is 25.2 Å². The lowest BCUT2D eigenvalue weighted by Gasteiger charge is -2.03. The van der Waals surface area contributed by atoms with Crippen molar-refractivity contribution in [3.8, 4) is 0 Å². The summed E-state index contributed by atoms with van der Waals surface area (Å²) in [6.45, 7) is 3.70. The number of nitrogens with one attached hydrogen (secondary N) is 1. The number of aromatic nitrogens is 4. The Labute approximate surface area is 147 Å². The lowest BCUT2D eigenvalue weighted by molar-refractivity contribution is -0.113. The fraction of sp³-hybridized carbons (Fsp3) is 0.462. The van der Waals surface area contributed by atoms with Gasteiger partial charge in [-0.3, -0.25) is 4.79 Å². The highest BCUT2D eigenvalue weighted by Crippen LogP contribution is 2.24. The van der Waals surface area contributed by atoms with Crippen LogP contribution in [0.1, 0.15) is 34.5 Å². The van der Waals surface area contributed by atoms with Gasteiger partial charge in [-0.1, -0.05) is 30.0 Å². The zero-order chi connectivity index (χ0) is 17.7. The molecule has 9 nitrogen and oxygen atoms in total. The summed E-state index contributed by atoms with van der Waals surface area (Å²) in [6, 6.07) is 0. The van der Waals surface area contributed by atoms with E-state index in [-0.39, 0.29) is 11.7 Å². The molecule has 0 aromatic carbocycles. The molecule has 0 spiro atoms. The van der Waals surface area contributed by atoms with Gasteiger partial charge < -0.3 is 15.9 Å². The molecule has 0 aliphatic carbocycles. The molecule has 130 valence electrons. The van der Waals surface area contributed by atoms with Crippen molar-refractivity contribution in [1.29, 1.82) is 0 Å². The van der Waals surface area contributed by atoms with Gasteiger partial charge in [0.2, 0.25) is 11.1 Å². The monoisotopic (exact) mass is 370 g/mol. The van der Waals surface area contributed by atoms with Gasteiger partial charge in [0.1, 0.15) is 4.88 Å². The number of nitrogens with two attached hydrogens (primary N) is 1. The van der Waals surface area contributed by atoms with Crippen molar-refractivity contribution in [2.45, 2.75) is 31.8 Å². The molecule has 3 N–H and O–H groups in total. The highest BCUT2D eigenvalue weighted by Gasteiger charge is 2.17. The first-order valence-corrected chi connectivity index (χ1v) is 8.94. The topological polar surface area (TPSA) is 125 Å². The molecule has 0 saturated heterocycles. The molecule has 0 bridgehead atoms. The second-order valence-electron chi connectivity index (χ2n) is 4.78. The van der Waals surface area contributed by atoms with E-state index in [0.29, 0.717) is 26.7 Å². The second kappa shape index (κ2) is 8.11. The lowest BCUT2D eigenvalue weighted by atomic mass is 10.3. The third kappa shape index (κ3) is 4.23. The maximum atomic E-state index is 12.0. The molecule has 0 unspecified atom stereocenters. The van der Waals surface area contributed by atoms with Crippen LogP contribution in [0.3, 0.4) is 0 Å². The fourth-order valence-corrected chi connectivity index (χ4v) is 3.39. The van der Waals surface area contributed by atoms with E-state index in [0.717, 1.165) is 24.2 Å². The Morgan fingerprint density at radius 2 is 2.17 bits per heavy atom. The number of thiazole rings is 1. The molecule has 0 aliphatic heterocycles. The first-order valence-electron chi connectivity index (χ1n) is 7.14. The number of esters is 1. The summed E-state index contributed by atoms with van der Waals surface area (Å²) in [5.41, 5.74) is 0.515. The Bertz CT molecular complexity index is 742. The number of carbonyl (C=O) groups excluding carboxylic acids is 2. The number of methoxy groups -OCH3 is 1. The zero-order valence-corrected chi connectivity index (χ0v) is 15.2. The average molecular weight is 370 g/mol. The van der Waals surface area contributed by atoms with Gasteiger partial charge in [-0.05, 0) is 13.3 Å². The van der Waals surface area contributed by atoms with Crippen molar-refractivity contribution in [2.24, 2.45) is 0 Å². The van der Waals surface area contributed by atoms with E-state index in [9.17, 15) is 9.59 Å². The van der Waals surface area contributed by atoms with Crippen molar-refractivity contribution >= 4 is 40.1 Å². The highest BCUT2D eigenvalue weighted by atomic mass is 32.2. The molecule has 0 atom stereocenters. The normalized spacial score (nSPS) is 10.6. The van der Waals surface area contributed by atoms with Crippen LogP contribution in [-0.4, -0.2) is 44.6 Å². The number of anilines is 1. The quantitative estimate of drug-likeness (QED) is 0.423. The van der Waals surface area contributed by atoms with Crippen molar-refractivity contribution in [3.05, 3.63) is 16.4 Å². The molecule has 0 saturated carbocycles. The maximum Gasteiger partial charge on any atom is 0.350 e. The van der Waals surface area contributed by atoms with Crippen LogP contribution in [0.4, 0.5) is 5.13 Å². The van der Waals surface area contributed by atoms with Gasteiger partial charge in [-0.15, -0.1) is 10.2 Å². The number of amides is 1. The SMILES string of the molecule is CCCc1nnc(SCC(=O)Nc2nc(C)c(C(=O)OC)s2)n1N. The number of hydrogen-bond donors (Lipinski definition) is 2. The van der Waals surface area contributed by atoms with Gasteiger partial charge in [-0.25, -0.2) is 14.5 Å². The lowest BCUT2D eigenvalue weighted by Crippen LogP contribution is -2.17. The van der Waals surface area contributed by atoms with Gasteiger partial charge in [0, 0.05) is 6.42 Å². The van der Waals surface area contributed by atoms with Crippen LogP contribution in [0.2, 0.25) is 0 Å². The van der Waals surface area contributed by atoms with Gasteiger partial charge in [0.25, 0.3) is 0 Å². The van der Waals surface area contributed by atoms with E-state index in [1.165, 1.54) is 23.5 Å². The molecule has 0 radical (unpaired) electrons. The molecule has 1 amide bonds. The molecule has 2 rings (SSSR count). The third-order valence-corrected chi connectivity index (χ3v) is 4.95. The number of carbonyl (C=O) groups is 2. The van der Waals surface area contributed by atoms with E-state index < -0.39 is 5.97 Å². The fourth-order valence-electron chi connectivity index (χ4n) is 1.82. The van der Waals surface area contributed by atoms with Crippen LogP contribution in [0.5, 0.6) is 0 Å². The van der Waals surface area contributed by atoms with Crippen LogP contribution in [0, 0.1) is 6.92 Å². The predicted molar refractivity (Wildman–Crippen MR) is 91.7 cm³/mol. The van der Waals surface area contributed by atoms with Gasteiger partial charge in [-0.2, -0.15) is 0 Å². The third-order valence-electron chi connectivity index (χ3n) is 2.95. The van der Waals surface area contributed by atoms with E-state index in [4.69, 9.17) is 5.84 Å². The van der Waals surface area contributed by atoms with E-state index >= 15 is 0 Å². The number of aryl methyl sites for hydroxylation is 2. The molecule has 0 aliphatic rings. The number of hydrogen-bond acceptors (Lipinski definition) is 9. The van der Waals surface area contributed by atoms with Gasteiger partial charge >= 0.3 is 5.97 Å². The molecule has 2 aromatic heterocycles. The molecular formula is C13H18N6O3S2. The van der Waals surface area contributed by atoms with Crippen molar-refractivity contribution in [3.63, 3.8) is 0 Å². The summed E-state index contributed by atoms with van der Waals surface area (Å²) < 4.78 is 6.05. The molecule has 2 heterocycles. The average Bonchev–Trinajstić information content (AvgIpc) is 3.08. The first-order chi connectivity index (χ1) is 11.5. The minimum Gasteiger partial charge on any atom is -0.465 e. The molecule has 24 heavy (non-hydrogen) atoms. The Balaban J connectivity index is 1.93. The molecule has 0 fully saturated rings. The number of ether oxygens (including phenoxy) is 1. The van der Waals surface area contributed by atoms with Crippen LogP contribution in [0.15, 0.2) is 5.16 Å². The van der Waals surface area contributed by atoms with Crippen LogP contribution >= 0.6 is 23.1 Å². The maximum absolute atomic E-state index is 12.0. The number of nitrogens with zero attached hydrogens (tertiary/aromatic N) is 4. The smallest absolute Gasteiger partial charge is 0.350 e. The Kier molecular flexibility index (Phi) is 6.15. The summed E-state index contributed by atoms with van der Waals surface area (Å²) in [4.78, 5) is 28.1. The zero-order valence-electron chi connectivity index (χ0n) is 13.5. The molecule has 2 aromatic rings. The summed E-state index contributed by atoms with van der Waals surface area (Å²) in [6.07, 6.45) is 1.64. The minimum absolute atomic E-state index is 0.105. The summed E-state index contributed by atoms with van der Waals surface area (Å²) >= 11 is 2.25. The van der Waals surface area contributed by atoms with Crippen LogP contribution < -0.4 is 11.2 Å². The standard InChI is InChI=1S/C13H18N6O3S2/c1-4-5-8-17-18-13(19(8)14)23-6-9(20)16-12-15-7(2)10(24-12)11(21)22-3/h4-6,14H2,1-3H3,(H,15,16,20). The molecule has 11 heteroatoms. The Hall–Kier alpha value is -2.14. The van der Waals surface area contributed by atoms with Crippen molar-refractivity contribution in [2.75, 3.05) is 24.0 Å². The number of rotatable bonds is 7. The van der Waals surface area contributed by atoms with Gasteiger partial charge in [0.15, 0.2) is 11.0 Å². The van der Waals surface area contributed by atoms with Crippen molar-refractivity contribution in [1.82, 2.24) is 19.9 Å². The Morgan fingerprint density at radius 1 is 1.42 bits per heavy atom. The largest absolute Gasteiger partial charge is 0.465 e. The number of nitrogen functional groups attached to an aromatic ring is 1. The van der Waals surface area contributed by atoms with Gasteiger partial charge in [0.05, 0.1) is 18.6 Å². The van der Waals surface area contributed by atoms with Crippen molar-refractivity contribution < 1.29 is 14.3 Å². The molecular weight excluding hydrogens is 352 g/mol. The summed E-state index contributed by atoms with van der Waals surface area (Å²) in [5.74, 6) is 5.92. The Morgan fingerprint density at radius 3 is 2.83 bits per heavy atom. The highest BCUT2D eigenvalue weighted by molar-refractivity contribution is 7.99. The second-order valence-corrected chi connectivity index (χ2v) is 6.72. The first kappa shape index (κ1) is 18.2. The van der Waals surface area contributed by atoms with E-state index in [1.807, 2.05) is 6.92 Å². The number of thioether (sulfide) groups is 1. The minimum atomic E-state index is -0.473. The van der Waals surface area contributed by atoms with Crippen LogP contribution in [0.25, 0.3) is 0 Å². The predicted octanol–water partition coefficient (Wildman–Crippen LogP) is 1.23. The summed E-state index contributed by atoms with van der Waals surface area (Å²) in [5, 5.41) is 11.4. The summed E-state index contributed by atoms with van der Waals surface area (Å²) in [7, 11) is 1.30.